The van der Waals surface area contributed by atoms with Crippen molar-refractivity contribution in [3.63, 3.8) is 0 Å². The summed E-state index contributed by atoms with van der Waals surface area (Å²) in [6, 6.07) is 1.91. The lowest BCUT2D eigenvalue weighted by atomic mass is 10.2. The van der Waals surface area contributed by atoms with Crippen molar-refractivity contribution >= 4 is 27.9 Å². The summed E-state index contributed by atoms with van der Waals surface area (Å²) in [5, 5.41) is 8.91. The van der Waals surface area contributed by atoms with Gasteiger partial charge in [0.2, 0.25) is 0 Å². The van der Waals surface area contributed by atoms with Crippen LogP contribution in [-0.2, 0) is 10.8 Å². The summed E-state index contributed by atoms with van der Waals surface area (Å²) in [4.78, 5) is 11.6. The zero-order valence-corrected chi connectivity index (χ0v) is 10.1. The van der Waals surface area contributed by atoms with Crippen LogP contribution in [0.1, 0.15) is 22.2 Å². The first-order valence-electron chi connectivity index (χ1n) is 3.98. The molecule has 1 aromatic heterocycles. The molecular weight excluding hydrogens is 234 g/mol. The molecule has 0 spiro atoms. The first-order chi connectivity index (χ1) is 7.02. The van der Waals surface area contributed by atoms with Gasteiger partial charge in [-0.25, -0.2) is 0 Å². The van der Waals surface area contributed by atoms with Crippen molar-refractivity contribution < 1.29 is 13.7 Å². The third-order valence-electron chi connectivity index (χ3n) is 1.73. The van der Waals surface area contributed by atoms with Gasteiger partial charge < -0.3 is 4.74 Å². The van der Waals surface area contributed by atoms with Crippen LogP contribution in [0.5, 0.6) is 5.75 Å². The Morgan fingerprint density at radius 2 is 2.20 bits per heavy atom. The highest BCUT2D eigenvalue weighted by molar-refractivity contribution is 7.86. The minimum Gasteiger partial charge on any atom is -0.494 e. The number of carbonyl (C=O) groups is 1. The molecule has 4 nitrogen and oxygen atoms in total. The van der Waals surface area contributed by atoms with Crippen LogP contribution < -0.4 is 4.74 Å². The van der Waals surface area contributed by atoms with Crippen LogP contribution in [0.4, 0.5) is 0 Å². The van der Waals surface area contributed by atoms with E-state index in [1.165, 1.54) is 20.3 Å². The molecule has 1 rings (SSSR count). The smallest absolute Gasteiger partial charge is 0.173 e. The van der Waals surface area contributed by atoms with Crippen LogP contribution in [0, 0.1) is 11.3 Å². The number of ether oxygens (including phenoxy) is 1. The lowest BCUT2D eigenvalue weighted by Crippen LogP contribution is -1.93. The molecular formula is C9H9NO3S2. The van der Waals surface area contributed by atoms with Crippen molar-refractivity contribution in [2.45, 2.75) is 11.1 Å². The Bertz CT molecular complexity index is 470. The van der Waals surface area contributed by atoms with E-state index < -0.39 is 10.8 Å². The molecule has 1 unspecified atom stereocenters. The van der Waals surface area contributed by atoms with Gasteiger partial charge in [-0.05, 0) is 0 Å². The van der Waals surface area contributed by atoms with Gasteiger partial charge in [0, 0.05) is 13.2 Å². The summed E-state index contributed by atoms with van der Waals surface area (Å²) < 4.78 is 16.7. The number of thiophene rings is 1. The van der Waals surface area contributed by atoms with E-state index in [2.05, 4.69) is 0 Å². The van der Waals surface area contributed by atoms with Gasteiger partial charge in [-0.2, -0.15) is 5.26 Å². The number of rotatable bonds is 3. The lowest BCUT2D eigenvalue weighted by Gasteiger charge is -1.98. The van der Waals surface area contributed by atoms with Gasteiger partial charge in [0.05, 0.1) is 17.9 Å². The fourth-order valence-electron chi connectivity index (χ4n) is 1.12. The summed E-state index contributed by atoms with van der Waals surface area (Å²) >= 11 is 1.05. The van der Waals surface area contributed by atoms with E-state index in [9.17, 15) is 9.00 Å². The Hall–Kier alpha value is -1.19. The van der Waals surface area contributed by atoms with Crippen LogP contribution in [0.2, 0.25) is 0 Å². The number of carbonyl (C=O) groups excluding carboxylic acids is 1. The zero-order chi connectivity index (χ0) is 11.6. The number of hydrogen-bond donors (Lipinski definition) is 0. The van der Waals surface area contributed by atoms with E-state index in [0.717, 1.165) is 11.3 Å². The Labute approximate surface area is 93.9 Å². The lowest BCUT2D eigenvalue weighted by molar-refractivity contribution is 0.101. The second-order valence-corrected chi connectivity index (χ2v) is 5.34. The van der Waals surface area contributed by atoms with Crippen LogP contribution in [0.3, 0.4) is 0 Å². The molecule has 0 bridgehead atoms. The topological polar surface area (TPSA) is 67.2 Å². The van der Waals surface area contributed by atoms with E-state index in [1.54, 1.807) is 0 Å². The Morgan fingerprint density at radius 3 is 2.53 bits per heavy atom. The number of methoxy groups -OCH3 is 1. The van der Waals surface area contributed by atoms with Gasteiger partial charge in [0.15, 0.2) is 11.5 Å². The molecule has 6 heteroatoms. The number of hydrogen-bond acceptors (Lipinski definition) is 5. The fourth-order valence-corrected chi connectivity index (χ4v) is 3.11. The summed E-state index contributed by atoms with van der Waals surface area (Å²) in [5.74, 6) is 0.0465. The molecule has 1 heterocycles. The molecule has 1 aromatic rings. The highest BCUT2D eigenvalue weighted by Gasteiger charge is 2.23. The van der Waals surface area contributed by atoms with Crippen molar-refractivity contribution in [2.24, 2.45) is 0 Å². The van der Waals surface area contributed by atoms with Gasteiger partial charge in [0.25, 0.3) is 0 Å². The largest absolute Gasteiger partial charge is 0.494 e. The van der Waals surface area contributed by atoms with Crippen LogP contribution in [-0.4, -0.2) is 23.4 Å². The predicted octanol–water partition coefficient (Wildman–Crippen LogP) is 1.57. The monoisotopic (exact) mass is 243 g/mol. The Balaban J connectivity index is 3.53. The highest BCUT2D eigenvalue weighted by atomic mass is 32.2. The molecule has 0 aliphatic heterocycles. The molecule has 0 saturated carbocycles. The van der Waals surface area contributed by atoms with E-state index in [0.29, 0.717) is 9.09 Å². The maximum atomic E-state index is 11.3. The molecule has 0 fully saturated rings. The first-order valence-corrected chi connectivity index (χ1v) is 6.35. The second-order valence-electron chi connectivity index (χ2n) is 2.75. The predicted molar refractivity (Wildman–Crippen MR) is 57.9 cm³/mol. The molecule has 0 aromatic carbocycles. The van der Waals surface area contributed by atoms with E-state index in [-0.39, 0.29) is 17.1 Å². The molecule has 0 aliphatic carbocycles. The van der Waals surface area contributed by atoms with Gasteiger partial charge in [-0.1, -0.05) is 0 Å². The van der Waals surface area contributed by atoms with Crippen LogP contribution in [0.25, 0.3) is 0 Å². The maximum Gasteiger partial charge on any atom is 0.173 e. The number of nitrogens with zero attached hydrogens (tertiary/aromatic N) is 1. The molecule has 0 saturated heterocycles. The van der Waals surface area contributed by atoms with Gasteiger partial charge in [-0.15, -0.1) is 11.3 Å². The standard InChI is InChI=1S/C9H9NO3S2/c1-5(11)8-7(13-2)6(4-10)9(14-8)15(3)12/h1-3H3. The first kappa shape index (κ1) is 11.9. The quantitative estimate of drug-likeness (QED) is 0.756. The maximum absolute atomic E-state index is 11.3. The third-order valence-corrected chi connectivity index (χ3v) is 4.48. The Morgan fingerprint density at radius 1 is 1.60 bits per heavy atom. The number of nitriles is 1. The highest BCUT2D eigenvalue weighted by Crippen LogP contribution is 2.36. The average molecular weight is 243 g/mol. The molecule has 0 N–H and O–H groups in total. The molecule has 15 heavy (non-hydrogen) atoms. The second kappa shape index (κ2) is 4.55. The van der Waals surface area contributed by atoms with E-state index in [4.69, 9.17) is 10.00 Å². The van der Waals surface area contributed by atoms with Gasteiger partial charge in [-0.3, -0.25) is 9.00 Å². The molecule has 1 atom stereocenters. The normalized spacial score (nSPS) is 11.9. The average Bonchev–Trinajstić information content (AvgIpc) is 2.55. The minimum absolute atomic E-state index is 0.190. The fraction of sp³-hybridized carbons (Fsp3) is 0.333. The Kier molecular flexibility index (Phi) is 3.61. The molecule has 0 amide bonds. The van der Waals surface area contributed by atoms with Crippen LogP contribution in [0.15, 0.2) is 4.21 Å². The zero-order valence-electron chi connectivity index (χ0n) is 8.49. The summed E-state index contributed by atoms with van der Waals surface area (Å²) in [6.45, 7) is 1.39. The molecule has 0 radical (unpaired) electrons. The van der Waals surface area contributed by atoms with Gasteiger partial charge in [0.1, 0.15) is 20.7 Å². The van der Waals surface area contributed by atoms with Crippen molar-refractivity contribution in [3.8, 4) is 11.8 Å². The SMILES string of the molecule is COc1c(C(C)=O)sc(S(C)=O)c1C#N. The summed E-state index contributed by atoms with van der Waals surface area (Å²) in [5.41, 5.74) is 0.202. The summed E-state index contributed by atoms with van der Waals surface area (Å²) in [7, 11) is 0.102. The molecule has 0 aliphatic rings. The number of ketones is 1. The van der Waals surface area contributed by atoms with Crippen LogP contribution >= 0.6 is 11.3 Å². The van der Waals surface area contributed by atoms with E-state index >= 15 is 0 Å². The third kappa shape index (κ3) is 2.08. The van der Waals surface area contributed by atoms with Crippen molar-refractivity contribution in [1.82, 2.24) is 0 Å². The van der Waals surface area contributed by atoms with Gasteiger partial charge >= 0.3 is 0 Å². The van der Waals surface area contributed by atoms with Crippen molar-refractivity contribution in [1.29, 1.82) is 5.26 Å². The van der Waals surface area contributed by atoms with E-state index in [1.807, 2.05) is 6.07 Å². The van der Waals surface area contributed by atoms with Crippen molar-refractivity contribution in [3.05, 3.63) is 10.4 Å². The summed E-state index contributed by atoms with van der Waals surface area (Å²) in [6.07, 6.45) is 1.47. The molecule has 80 valence electrons. The minimum atomic E-state index is -1.28. The van der Waals surface area contributed by atoms with Crippen molar-refractivity contribution in [2.75, 3.05) is 13.4 Å². The number of Topliss-reactive ketones (excluding diaryl/α,β-unsaturated/α-hetero) is 1.